The summed E-state index contributed by atoms with van der Waals surface area (Å²) in [7, 11) is 1.35. The van der Waals surface area contributed by atoms with E-state index in [0.717, 1.165) is 39.2 Å². The summed E-state index contributed by atoms with van der Waals surface area (Å²) in [4.78, 5) is 32.6. The third-order valence-corrected chi connectivity index (χ3v) is 8.88. The molecular formula is C36H34N4O3S. The number of hydrogen-bond acceptors (Lipinski definition) is 6. The summed E-state index contributed by atoms with van der Waals surface area (Å²) in [5.74, 6) is -0.503. The van der Waals surface area contributed by atoms with E-state index < -0.39 is 12.0 Å². The summed E-state index contributed by atoms with van der Waals surface area (Å²) in [5, 5.41) is 4.93. The molecule has 1 atom stereocenters. The van der Waals surface area contributed by atoms with Crippen molar-refractivity contribution in [3.8, 4) is 16.9 Å². The lowest BCUT2D eigenvalue weighted by Crippen LogP contribution is -2.39. The standard InChI is InChI=1S/C36H34N4O3S/c1-22-12-14-24(15-13-22)31-26(21-39(38-31)28-10-8-7-9-11-28)20-29-33(41)40-32(25-16-18-27(19-17-25)36(3,4)5)30(34(42)43-6)23(2)37-35(40)44-29/h7-21,32H,1-6H3/b29-20+/t32-/m0/s1. The van der Waals surface area contributed by atoms with Crippen LogP contribution < -0.4 is 14.9 Å². The number of carbonyl (C=O) groups is 1. The number of aryl methyl sites for hydroxylation is 1. The predicted octanol–water partition coefficient (Wildman–Crippen LogP) is 5.87. The molecule has 3 aromatic carbocycles. The number of carbonyl (C=O) groups excluding carboxylic acids is 1. The molecule has 222 valence electrons. The van der Waals surface area contributed by atoms with Gasteiger partial charge in [-0.25, -0.2) is 14.5 Å². The van der Waals surface area contributed by atoms with E-state index in [2.05, 4.69) is 45.0 Å². The predicted molar refractivity (Wildman–Crippen MR) is 175 cm³/mol. The number of nitrogens with zero attached hydrogens (tertiary/aromatic N) is 4. The van der Waals surface area contributed by atoms with Gasteiger partial charge in [0.1, 0.15) is 0 Å². The lowest BCUT2D eigenvalue weighted by Gasteiger charge is -2.25. The first-order valence-corrected chi connectivity index (χ1v) is 15.3. The van der Waals surface area contributed by atoms with E-state index in [-0.39, 0.29) is 11.0 Å². The number of aromatic nitrogens is 3. The van der Waals surface area contributed by atoms with Gasteiger partial charge >= 0.3 is 5.97 Å². The van der Waals surface area contributed by atoms with Crippen molar-refractivity contribution in [1.82, 2.24) is 14.3 Å². The number of rotatable bonds is 5. The number of hydrogen-bond donors (Lipinski definition) is 0. The molecule has 0 bridgehead atoms. The Bertz CT molecular complexity index is 2080. The lowest BCUT2D eigenvalue weighted by atomic mass is 9.85. The Morgan fingerprint density at radius 3 is 2.27 bits per heavy atom. The van der Waals surface area contributed by atoms with Gasteiger partial charge in [-0.05, 0) is 48.6 Å². The Hall–Kier alpha value is -4.82. The van der Waals surface area contributed by atoms with Crippen LogP contribution in [0.5, 0.6) is 0 Å². The zero-order valence-corrected chi connectivity index (χ0v) is 26.5. The van der Waals surface area contributed by atoms with E-state index in [9.17, 15) is 9.59 Å². The molecule has 8 heteroatoms. The second kappa shape index (κ2) is 11.4. The minimum Gasteiger partial charge on any atom is -0.466 e. The van der Waals surface area contributed by atoms with Crippen LogP contribution in [0.25, 0.3) is 23.0 Å². The topological polar surface area (TPSA) is 78.5 Å². The summed E-state index contributed by atoms with van der Waals surface area (Å²) in [6, 6.07) is 25.5. The molecule has 0 aliphatic carbocycles. The first-order valence-electron chi connectivity index (χ1n) is 14.5. The van der Waals surface area contributed by atoms with Crippen molar-refractivity contribution in [3.05, 3.63) is 138 Å². The number of allylic oxidation sites excluding steroid dienone is 1. The summed E-state index contributed by atoms with van der Waals surface area (Å²) < 4.78 is 9.13. The SMILES string of the molecule is COC(=O)C1=C(C)N=c2s/c(=C/c3cn(-c4ccccc4)nc3-c3ccc(C)cc3)c(=O)n2[C@H]1c1ccc(C(C)(C)C)cc1. The number of ether oxygens (including phenoxy) is 1. The third kappa shape index (κ3) is 5.37. The van der Waals surface area contributed by atoms with Crippen LogP contribution >= 0.6 is 11.3 Å². The second-order valence-electron chi connectivity index (χ2n) is 12.0. The average molecular weight is 603 g/mol. The fourth-order valence-corrected chi connectivity index (χ4v) is 6.49. The van der Waals surface area contributed by atoms with Gasteiger partial charge in [0.2, 0.25) is 0 Å². The fourth-order valence-electron chi connectivity index (χ4n) is 5.46. The Morgan fingerprint density at radius 2 is 1.64 bits per heavy atom. The molecule has 7 nitrogen and oxygen atoms in total. The zero-order valence-electron chi connectivity index (χ0n) is 25.7. The Kier molecular flexibility index (Phi) is 7.55. The van der Waals surface area contributed by atoms with Crippen molar-refractivity contribution >= 4 is 23.4 Å². The molecular weight excluding hydrogens is 568 g/mol. The highest BCUT2D eigenvalue weighted by molar-refractivity contribution is 7.07. The van der Waals surface area contributed by atoms with Gasteiger partial charge in [0.15, 0.2) is 4.80 Å². The van der Waals surface area contributed by atoms with Crippen LogP contribution in [0.1, 0.15) is 56.0 Å². The Labute approximate surface area is 260 Å². The normalized spacial score (nSPS) is 15.2. The molecule has 1 aliphatic heterocycles. The van der Waals surface area contributed by atoms with Gasteiger partial charge in [0.05, 0.1) is 40.3 Å². The number of fused-ring (bicyclic) bond motifs is 1. The van der Waals surface area contributed by atoms with Crippen molar-refractivity contribution in [1.29, 1.82) is 0 Å². The maximum Gasteiger partial charge on any atom is 0.338 e. The minimum atomic E-state index is -0.668. The first kappa shape index (κ1) is 29.3. The molecule has 0 fully saturated rings. The van der Waals surface area contributed by atoms with Crippen molar-refractivity contribution in [2.75, 3.05) is 7.11 Å². The fraction of sp³-hybridized carbons (Fsp3) is 0.222. The van der Waals surface area contributed by atoms with Gasteiger partial charge in [-0.2, -0.15) is 5.10 Å². The number of para-hydroxylation sites is 1. The molecule has 0 saturated carbocycles. The molecule has 3 heterocycles. The average Bonchev–Trinajstić information content (AvgIpc) is 3.57. The van der Waals surface area contributed by atoms with Gasteiger partial charge in [0, 0.05) is 17.3 Å². The summed E-state index contributed by atoms with van der Waals surface area (Å²) in [6.45, 7) is 10.3. The van der Waals surface area contributed by atoms with Crippen LogP contribution in [0.3, 0.4) is 0 Å². The highest BCUT2D eigenvalue weighted by Crippen LogP contribution is 2.32. The quantitative estimate of drug-likeness (QED) is 0.236. The van der Waals surface area contributed by atoms with Gasteiger partial charge in [-0.15, -0.1) is 0 Å². The summed E-state index contributed by atoms with van der Waals surface area (Å²) in [5.41, 5.74) is 7.18. The van der Waals surface area contributed by atoms with E-state index in [4.69, 9.17) is 14.8 Å². The molecule has 0 N–H and O–H groups in total. The van der Waals surface area contributed by atoms with E-state index in [0.29, 0.717) is 20.6 Å². The highest BCUT2D eigenvalue weighted by atomic mass is 32.1. The Balaban J connectivity index is 1.55. The van der Waals surface area contributed by atoms with Crippen molar-refractivity contribution in [3.63, 3.8) is 0 Å². The van der Waals surface area contributed by atoms with Crippen molar-refractivity contribution in [2.45, 2.75) is 46.1 Å². The molecule has 0 amide bonds. The van der Waals surface area contributed by atoms with E-state index >= 15 is 0 Å². The van der Waals surface area contributed by atoms with Crippen LogP contribution in [-0.4, -0.2) is 27.4 Å². The van der Waals surface area contributed by atoms with Crippen LogP contribution in [0.4, 0.5) is 0 Å². The van der Waals surface area contributed by atoms with Crippen LogP contribution in [0.2, 0.25) is 0 Å². The van der Waals surface area contributed by atoms with Gasteiger partial charge < -0.3 is 4.74 Å². The molecule has 6 rings (SSSR count). The van der Waals surface area contributed by atoms with Gasteiger partial charge in [-0.3, -0.25) is 9.36 Å². The van der Waals surface area contributed by atoms with Crippen molar-refractivity contribution < 1.29 is 9.53 Å². The summed E-state index contributed by atoms with van der Waals surface area (Å²) in [6.07, 6.45) is 3.82. The number of thiazole rings is 1. The van der Waals surface area contributed by atoms with E-state index in [1.54, 1.807) is 11.5 Å². The van der Waals surface area contributed by atoms with Gasteiger partial charge in [-0.1, -0.05) is 104 Å². The maximum absolute atomic E-state index is 14.2. The largest absolute Gasteiger partial charge is 0.466 e. The third-order valence-electron chi connectivity index (χ3n) is 7.89. The molecule has 0 spiro atoms. The minimum absolute atomic E-state index is 0.0385. The first-order chi connectivity index (χ1) is 21.0. The van der Waals surface area contributed by atoms with Crippen LogP contribution in [-0.2, 0) is 14.9 Å². The maximum atomic E-state index is 14.2. The smallest absolute Gasteiger partial charge is 0.338 e. The number of benzene rings is 3. The molecule has 0 saturated heterocycles. The van der Waals surface area contributed by atoms with E-state index in [1.165, 1.54) is 18.4 Å². The zero-order chi connectivity index (χ0) is 31.2. The molecule has 0 unspecified atom stereocenters. The van der Waals surface area contributed by atoms with Crippen LogP contribution in [0, 0.1) is 6.92 Å². The monoisotopic (exact) mass is 602 g/mol. The molecule has 5 aromatic rings. The molecule has 44 heavy (non-hydrogen) atoms. The lowest BCUT2D eigenvalue weighted by molar-refractivity contribution is -0.136. The number of esters is 1. The second-order valence-corrected chi connectivity index (χ2v) is 13.0. The number of methoxy groups -OCH3 is 1. The van der Waals surface area contributed by atoms with E-state index in [1.807, 2.05) is 78.5 Å². The molecule has 0 radical (unpaired) electrons. The Morgan fingerprint density at radius 1 is 0.955 bits per heavy atom. The van der Waals surface area contributed by atoms with Gasteiger partial charge in [0.25, 0.3) is 5.56 Å². The molecule has 1 aliphatic rings. The van der Waals surface area contributed by atoms with Crippen LogP contribution in [0.15, 0.2) is 106 Å². The van der Waals surface area contributed by atoms with Crippen molar-refractivity contribution in [2.24, 2.45) is 4.99 Å². The molecule has 2 aromatic heterocycles. The summed E-state index contributed by atoms with van der Waals surface area (Å²) >= 11 is 1.30. The highest BCUT2D eigenvalue weighted by Gasteiger charge is 2.33.